The van der Waals surface area contributed by atoms with Gasteiger partial charge in [-0.3, -0.25) is 0 Å². The van der Waals surface area contributed by atoms with Gasteiger partial charge >= 0.3 is 0 Å². The van der Waals surface area contributed by atoms with E-state index in [2.05, 4.69) is 38.1 Å². The smallest absolute Gasteiger partial charge is 0.0406 e. The Morgan fingerprint density at radius 3 is 1.24 bits per heavy atom. The van der Waals surface area contributed by atoms with Gasteiger partial charge in [-0.15, -0.1) is 0 Å². The standard InChI is InChI=1S/C15H14Cl2/c1-15(2,11-3-7-13(16)8-4-11)12-5-9-14(17)10-6-12/h3-10H,1-2H3. The third-order valence-electron chi connectivity index (χ3n) is 3.13. The van der Waals surface area contributed by atoms with Gasteiger partial charge in [-0.25, -0.2) is 0 Å². The molecule has 0 bridgehead atoms. The zero-order chi connectivity index (χ0) is 12.5. The van der Waals surface area contributed by atoms with Crippen molar-refractivity contribution in [2.45, 2.75) is 19.3 Å². The first-order chi connectivity index (χ1) is 8.00. The summed E-state index contributed by atoms with van der Waals surface area (Å²) in [5.74, 6) is 0. The van der Waals surface area contributed by atoms with Crippen molar-refractivity contribution < 1.29 is 0 Å². The Balaban J connectivity index is 2.41. The molecule has 2 heteroatoms. The molecule has 2 aromatic rings. The van der Waals surface area contributed by atoms with Gasteiger partial charge in [0.25, 0.3) is 0 Å². The lowest BCUT2D eigenvalue weighted by Gasteiger charge is -2.26. The summed E-state index contributed by atoms with van der Waals surface area (Å²) in [5.41, 5.74) is 2.43. The maximum atomic E-state index is 5.91. The van der Waals surface area contributed by atoms with E-state index >= 15 is 0 Å². The highest BCUT2D eigenvalue weighted by Crippen LogP contribution is 2.32. The van der Waals surface area contributed by atoms with Crippen molar-refractivity contribution in [2.75, 3.05) is 0 Å². The largest absolute Gasteiger partial charge is 0.0843 e. The van der Waals surface area contributed by atoms with Gasteiger partial charge in [0.1, 0.15) is 0 Å². The Kier molecular flexibility index (Phi) is 3.46. The maximum Gasteiger partial charge on any atom is 0.0406 e. The fourth-order valence-electron chi connectivity index (χ4n) is 1.90. The zero-order valence-corrected chi connectivity index (χ0v) is 11.4. The highest BCUT2D eigenvalue weighted by Gasteiger charge is 2.22. The van der Waals surface area contributed by atoms with Crippen molar-refractivity contribution in [1.82, 2.24) is 0 Å². The topological polar surface area (TPSA) is 0 Å². The van der Waals surface area contributed by atoms with Crippen LogP contribution in [-0.2, 0) is 5.41 Å². The van der Waals surface area contributed by atoms with Crippen LogP contribution < -0.4 is 0 Å². The summed E-state index contributed by atoms with van der Waals surface area (Å²) in [7, 11) is 0. The monoisotopic (exact) mass is 264 g/mol. The van der Waals surface area contributed by atoms with E-state index in [1.165, 1.54) is 11.1 Å². The third kappa shape index (κ3) is 2.65. The van der Waals surface area contributed by atoms with Crippen molar-refractivity contribution in [1.29, 1.82) is 0 Å². The molecule has 0 fully saturated rings. The Labute approximate surface area is 112 Å². The van der Waals surface area contributed by atoms with E-state index in [1.54, 1.807) is 0 Å². The van der Waals surface area contributed by atoms with Crippen LogP contribution in [0.1, 0.15) is 25.0 Å². The molecule has 0 radical (unpaired) electrons. The van der Waals surface area contributed by atoms with Crippen molar-refractivity contribution in [3.05, 3.63) is 69.7 Å². The normalized spacial score (nSPS) is 11.5. The maximum absolute atomic E-state index is 5.91. The number of halogens is 2. The van der Waals surface area contributed by atoms with Gasteiger partial charge in [0, 0.05) is 15.5 Å². The number of hydrogen-bond acceptors (Lipinski definition) is 0. The molecule has 0 heterocycles. The first-order valence-electron chi connectivity index (χ1n) is 5.52. The van der Waals surface area contributed by atoms with Crippen LogP contribution >= 0.6 is 23.2 Å². The first-order valence-corrected chi connectivity index (χ1v) is 6.28. The molecule has 0 saturated carbocycles. The second-order valence-electron chi connectivity index (χ2n) is 4.64. The Hall–Kier alpha value is -0.980. The van der Waals surface area contributed by atoms with Gasteiger partial charge in [0.15, 0.2) is 0 Å². The van der Waals surface area contributed by atoms with Crippen molar-refractivity contribution in [3.8, 4) is 0 Å². The molecule has 0 aliphatic rings. The quantitative estimate of drug-likeness (QED) is 0.689. The molecular weight excluding hydrogens is 251 g/mol. The summed E-state index contributed by atoms with van der Waals surface area (Å²) >= 11 is 11.8. The third-order valence-corrected chi connectivity index (χ3v) is 3.64. The minimum Gasteiger partial charge on any atom is -0.0843 e. The molecule has 0 atom stereocenters. The fraction of sp³-hybridized carbons (Fsp3) is 0.200. The SMILES string of the molecule is CC(C)(c1ccc(Cl)cc1)c1ccc(Cl)cc1. The predicted octanol–water partition coefficient (Wildman–Crippen LogP) is 5.32. The molecular formula is C15H14Cl2. The average Bonchev–Trinajstić information content (AvgIpc) is 2.30. The van der Waals surface area contributed by atoms with Crippen molar-refractivity contribution in [3.63, 3.8) is 0 Å². The van der Waals surface area contributed by atoms with E-state index in [9.17, 15) is 0 Å². The lowest BCUT2D eigenvalue weighted by atomic mass is 9.78. The Morgan fingerprint density at radius 1 is 0.647 bits per heavy atom. The van der Waals surface area contributed by atoms with Crippen LogP contribution in [0, 0.1) is 0 Å². The minimum absolute atomic E-state index is 0.0465. The Morgan fingerprint density at radius 2 is 0.941 bits per heavy atom. The first kappa shape index (κ1) is 12.5. The molecule has 0 nitrogen and oxygen atoms in total. The van der Waals surface area contributed by atoms with E-state index in [0.717, 1.165) is 10.0 Å². The molecule has 0 aliphatic carbocycles. The van der Waals surface area contributed by atoms with Gasteiger partial charge in [-0.05, 0) is 35.4 Å². The van der Waals surface area contributed by atoms with E-state index in [0.29, 0.717) is 0 Å². The molecule has 0 saturated heterocycles. The molecule has 2 aromatic carbocycles. The lowest BCUT2D eigenvalue weighted by molar-refractivity contribution is 0.641. The molecule has 88 valence electrons. The highest BCUT2D eigenvalue weighted by atomic mass is 35.5. The molecule has 0 aliphatic heterocycles. The number of rotatable bonds is 2. The van der Waals surface area contributed by atoms with Crippen molar-refractivity contribution in [2.24, 2.45) is 0 Å². The fourth-order valence-corrected chi connectivity index (χ4v) is 2.15. The summed E-state index contributed by atoms with van der Waals surface area (Å²) in [5, 5.41) is 1.53. The van der Waals surface area contributed by atoms with Gasteiger partial charge in [-0.2, -0.15) is 0 Å². The highest BCUT2D eigenvalue weighted by molar-refractivity contribution is 6.30. The predicted molar refractivity (Wildman–Crippen MR) is 75.0 cm³/mol. The van der Waals surface area contributed by atoms with Crippen LogP contribution in [0.15, 0.2) is 48.5 Å². The average molecular weight is 265 g/mol. The van der Waals surface area contributed by atoms with E-state index in [1.807, 2.05) is 24.3 Å². The molecule has 17 heavy (non-hydrogen) atoms. The summed E-state index contributed by atoms with van der Waals surface area (Å²) in [6.07, 6.45) is 0. The lowest BCUT2D eigenvalue weighted by Crippen LogP contribution is -2.18. The van der Waals surface area contributed by atoms with Gasteiger partial charge in [0.05, 0.1) is 0 Å². The van der Waals surface area contributed by atoms with Crippen LogP contribution in [0.4, 0.5) is 0 Å². The van der Waals surface area contributed by atoms with Crippen LogP contribution in [0.3, 0.4) is 0 Å². The summed E-state index contributed by atoms with van der Waals surface area (Å²) < 4.78 is 0. The molecule has 0 unspecified atom stereocenters. The van der Waals surface area contributed by atoms with Gasteiger partial charge in [-0.1, -0.05) is 61.3 Å². The summed E-state index contributed by atoms with van der Waals surface area (Å²) in [4.78, 5) is 0. The van der Waals surface area contributed by atoms with E-state index < -0.39 is 0 Å². The summed E-state index contributed by atoms with van der Waals surface area (Å²) in [6, 6.07) is 16.0. The molecule has 0 N–H and O–H groups in total. The second kappa shape index (κ2) is 4.72. The van der Waals surface area contributed by atoms with Crippen LogP contribution in [0.5, 0.6) is 0 Å². The van der Waals surface area contributed by atoms with Gasteiger partial charge < -0.3 is 0 Å². The van der Waals surface area contributed by atoms with E-state index in [4.69, 9.17) is 23.2 Å². The minimum atomic E-state index is -0.0465. The molecule has 0 spiro atoms. The molecule has 0 aromatic heterocycles. The number of hydrogen-bond donors (Lipinski definition) is 0. The number of benzene rings is 2. The van der Waals surface area contributed by atoms with Crippen LogP contribution in [0.2, 0.25) is 10.0 Å². The Bertz CT molecular complexity index is 448. The molecule has 0 amide bonds. The van der Waals surface area contributed by atoms with E-state index in [-0.39, 0.29) is 5.41 Å². The van der Waals surface area contributed by atoms with Crippen molar-refractivity contribution >= 4 is 23.2 Å². The molecule has 2 rings (SSSR count). The van der Waals surface area contributed by atoms with Crippen LogP contribution in [-0.4, -0.2) is 0 Å². The van der Waals surface area contributed by atoms with Gasteiger partial charge in [0.2, 0.25) is 0 Å². The van der Waals surface area contributed by atoms with Crippen LogP contribution in [0.25, 0.3) is 0 Å². The second-order valence-corrected chi connectivity index (χ2v) is 5.51. The zero-order valence-electron chi connectivity index (χ0n) is 9.87. The summed E-state index contributed by atoms with van der Waals surface area (Å²) in [6.45, 7) is 4.39.